The third kappa shape index (κ3) is 10.9. The fraction of sp³-hybridized carbons (Fsp3) is 0.554. The molecule has 4 aliphatic carbocycles. The molecule has 0 amide bonds. The lowest BCUT2D eigenvalue weighted by Crippen LogP contribution is -2.81. The van der Waals surface area contributed by atoms with E-state index in [1.807, 2.05) is 37.5 Å². The van der Waals surface area contributed by atoms with Crippen molar-refractivity contribution >= 4 is 22.8 Å². The minimum atomic E-state index is -1.07. The summed E-state index contributed by atoms with van der Waals surface area (Å²) < 4.78 is 30.2. The van der Waals surface area contributed by atoms with Gasteiger partial charge in [0.2, 0.25) is 5.75 Å². The molecule has 93 heavy (non-hydrogen) atoms. The zero-order valence-corrected chi connectivity index (χ0v) is 53.5. The van der Waals surface area contributed by atoms with Gasteiger partial charge in [0.1, 0.15) is 24.6 Å². The van der Waals surface area contributed by atoms with Crippen molar-refractivity contribution in [1.82, 2.24) is 41.1 Å². The summed E-state index contributed by atoms with van der Waals surface area (Å²) in [5, 5.41) is 69.5. The predicted octanol–water partition coefficient (Wildman–Crippen LogP) is 8.70. The van der Waals surface area contributed by atoms with E-state index in [2.05, 4.69) is 89.2 Å². The van der Waals surface area contributed by atoms with E-state index in [9.17, 15) is 25.2 Å². The second-order valence-corrected chi connectivity index (χ2v) is 28.7. The SMILES string of the molecule is CNC[C@H]1CCC[C@]1(CN=C1N[C@@H]2n3cc4[nH]ccc4c3CC[C@@]23[C@H](O)N[C@@H]2CCCC[C@H]2C#CC[C@]24Cc5ccc(O)c(c5)O[C@H]5CCC[C@@]3(N1)[C@H]5C#C[C@@H]2CC[C@H]1[C@@H](OC(C)=O)C[C@@H](c2cc(O)c(O)c(OCCc3cccnc3)c2)O[C@H]14)CC1=CCNC(N)=C1. The van der Waals surface area contributed by atoms with Crippen LogP contribution < -0.4 is 41.8 Å². The zero-order valence-electron chi connectivity index (χ0n) is 53.5. The van der Waals surface area contributed by atoms with E-state index in [0.29, 0.717) is 106 Å². The van der Waals surface area contributed by atoms with Gasteiger partial charge in [-0.1, -0.05) is 55.2 Å². The first kappa shape index (κ1) is 61.4. The molecule has 9 heterocycles. The molecule has 4 bridgehead atoms. The van der Waals surface area contributed by atoms with Crippen LogP contribution in [0.1, 0.15) is 144 Å². The number of aromatic nitrogens is 3. The average Bonchev–Trinajstić information content (AvgIpc) is 1.67. The maximum absolute atomic E-state index is 14.1. The normalized spacial score (nSPS) is 35.3. The number of dihydropyridines is 1. The molecule has 490 valence electrons. The van der Waals surface area contributed by atoms with Crippen LogP contribution in [0, 0.1) is 69.5 Å². The summed E-state index contributed by atoms with van der Waals surface area (Å²) in [5.41, 5.74) is 9.29. The van der Waals surface area contributed by atoms with Gasteiger partial charge in [0.05, 0.1) is 47.0 Å². The van der Waals surface area contributed by atoms with E-state index in [1.165, 1.54) is 24.3 Å². The third-order valence-electron chi connectivity index (χ3n) is 23.7. The van der Waals surface area contributed by atoms with E-state index in [0.717, 1.165) is 86.4 Å². The number of ether oxygens (including phenoxy) is 4. The van der Waals surface area contributed by atoms with Gasteiger partial charge in [-0.2, -0.15) is 0 Å². The highest BCUT2D eigenvalue weighted by molar-refractivity contribution is 5.85. The predicted molar refractivity (Wildman–Crippen MR) is 352 cm³/mol. The molecule has 0 unspecified atom stereocenters. The van der Waals surface area contributed by atoms with E-state index >= 15 is 0 Å². The largest absolute Gasteiger partial charge is 0.504 e. The van der Waals surface area contributed by atoms with Crippen LogP contribution in [0.15, 0.2) is 102 Å². The minimum Gasteiger partial charge on any atom is -0.504 e. The topological polar surface area (TPSA) is 267 Å². The third-order valence-corrected chi connectivity index (χ3v) is 23.7. The smallest absolute Gasteiger partial charge is 0.302 e. The Morgan fingerprint density at radius 3 is 2.74 bits per heavy atom. The number of nitrogens with one attached hydrogen (secondary N) is 6. The number of phenols is 3. The lowest BCUT2D eigenvalue weighted by atomic mass is 9.51. The summed E-state index contributed by atoms with van der Waals surface area (Å²) in [5.74, 6) is 15.8. The number of aryl methyl sites for hydroxylation is 1. The summed E-state index contributed by atoms with van der Waals surface area (Å²) in [6.45, 7) is 3.77. The first-order chi connectivity index (χ1) is 45.2. The number of carbonyl (C=O) groups is 1. The molecule has 2 spiro atoms. The molecule has 12 N–H and O–H groups in total. The Balaban J connectivity index is 0.908. The molecule has 10 aliphatic rings. The Bertz CT molecular complexity index is 3880. The summed E-state index contributed by atoms with van der Waals surface area (Å²) in [4.78, 5) is 27.1. The highest BCUT2D eigenvalue weighted by atomic mass is 16.6. The molecular formula is C74H90N10O9. The number of aliphatic imine (C=N–C) groups is 1. The Morgan fingerprint density at radius 1 is 0.989 bits per heavy atom. The first-order valence-electron chi connectivity index (χ1n) is 34.4. The van der Waals surface area contributed by atoms with Gasteiger partial charge in [-0.3, -0.25) is 20.1 Å². The quantitative estimate of drug-likeness (QED) is 0.0317. The van der Waals surface area contributed by atoms with Gasteiger partial charge in [0, 0.05) is 104 Å². The van der Waals surface area contributed by atoms with Crippen molar-refractivity contribution < 1.29 is 44.2 Å². The highest BCUT2D eigenvalue weighted by Gasteiger charge is 2.70. The van der Waals surface area contributed by atoms with Crippen LogP contribution in [0.25, 0.3) is 10.9 Å². The fourth-order valence-corrected chi connectivity index (χ4v) is 19.3. The summed E-state index contributed by atoms with van der Waals surface area (Å²) in [6, 6.07) is 14.8. The molecule has 19 heteroatoms. The maximum atomic E-state index is 14.1. The Hall–Kier alpha value is -7.81. The zero-order chi connectivity index (χ0) is 63.6. The molecule has 3 aromatic heterocycles. The van der Waals surface area contributed by atoms with Crippen molar-refractivity contribution in [2.75, 3.05) is 33.3 Å². The number of aliphatic hydroxyl groups is 1. The molecule has 6 aliphatic heterocycles. The van der Waals surface area contributed by atoms with Crippen LogP contribution in [0.3, 0.4) is 0 Å². The number of H-pyrrole nitrogens is 1. The second kappa shape index (κ2) is 24.8. The number of allylic oxidation sites excluding steroid dienone is 2. The van der Waals surface area contributed by atoms with Crippen molar-refractivity contribution in [2.24, 2.45) is 56.6 Å². The van der Waals surface area contributed by atoms with Crippen LogP contribution in [0.5, 0.6) is 28.7 Å². The minimum absolute atomic E-state index is 0.0192. The van der Waals surface area contributed by atoms with Crippen LogP contribution in [-0.4, -0.2) is 116 Å². The molecule has 16 atom stereocenters. The summed E-state index contributed by atoms with van der Waals surface area (Å²) >= 11 is 0. The number of guanidine groups is 1. The highest BCUT2D eigenvalue weighted by Crippen LogP contribution is 2.62. The standard InChI is InChI=1S/C74H90N10O9/c1-44(85)91-62-37-61(49-35-59(87)66(88)64(36-49)90-32-24-45-9-8-29-77-40-45)93-67-53(62)18-16-50-17-19-54-60-14-7-27-74(54)73(69(89)81-55-13-4-3-10-48(55)11-5-26-72(50,67)39-46-15-20-58(86)63(33-46)92-60)28-21-57-52-23-31-78-56(52)42-84(57)68(73)82-70(83-74)80-43-71(25-6-12-51(71)41-76-2)38-47-22-30-79-65(75)34-47/h8-9,15,20,22-23,29,31,33-36,40,42,48,50-51,53-55,60-62,67-69,76,78-79,81,86-89H,3-4,6-7,10,12-14,16,18,21,24-28,30,32,37-39,41,43,75H2,1-2H3,(H2,80,82,83)/t48-,50-,51+,53-,54-,55+,60-,61-,62-,67+,68+,69-,71+,72-,73-,74+/m0/s1. The van der Waals surface area contributed by atoms with Gasteiger partial charge in [0.25, 0.3) is 0 Å². The van der Waals surface area contributed by atoms with Gasteiger partial charge in [0.15, 0.2) is 29.0 Å². The number of benzene rings is 2. The lowest BCUT2D eigenvalue weighted by molar-refractivity contribution is -0.219. The number of carbonyl (C=O) groups excluding carboxylic acids is 1. The van der Waals surface area contributed by atoms with Crippen LogP contribution in [0.2, 0.25) is 0 Å². The summed E-state index contributed by atoms with van der Waals surface area (Å²) in [7, 11) is 2.05. The molecule has 6 fully saturated rings. The number of hydrogen-bond acceptors (Lipinski definition) is 15. The number of hydrogen-bond donors (Lipinski definition) is 11. The molecule has 0 radical (unpaired) electrons. The Morgan fingerprint density at radius 2 is 1.88 bits per heavy atom. The number of rotatable bonds is 12. The van der Waals surface area contributed by atoms with E-state index in [-0.39, 0.29) is 58.8 Å². The van der Waals surface area contributed by atoms with Crippen molar-refractivity contribution in [3.8, 4) is 52.4 Å². The molecular weight excluding hydrogens is 1170 g/mol. The molecule has 15 rings (SSSR count). The molecule has 19 nitrogen and oxygen atoms in total. The van der Waals surface area contributed by atoms with Gasteiger partial charge in [-0.05, 0) is 173 Å². The van der Waals surface area contributed by atoms with Gasteiger partial charge < -0.3 is 75.9 Å². The number of phenolic OH excluding ortho intramolecular Hbond substituents is 3. The van der Waals surface area contributed by atoms with Crippen LogP contribution in [-0.2, 0) is 33.5 Å². The fourth-order valence-electron chi connectivity index (χ4n) is 19.3. The number of aliphatic hydroxyl groups excluding tert-OH is 1. The molecule has 2 saturated heterocycles. The molecule has 4 saturated carbocycles. The average molecular weight is 1260 g/mol. The van der Waals surface area contributed by atoms with Crippen molar-refractivity contribution in [3.63, 3.8) is 0 Å². The number of aromatic hydroxyl groups is 3. The van der Waals surface area contributed by atoms with Crippen LogP contribution >= 0.6 is 0 Å². The van der Waals surface area contributed by atoms with Crippen molar-refractivity contribution in [1.29, 1.82) is 0 Å². The second-order valence-electron chi connectivity index (χ2n) is 28.7. The van der Waals surface area contributed by atoms with E-state index in [1.54, 1.807) is 24.5 Å². The first-order valence-corrected chi connectivity index (χ1v) is 34.4. The van der Waals surface area contributed by atoms with Crippen molar-refractivity contribution in [3.05, 3.63) is 119 Å². The number of esters is 1. The number of aromatic amines is 1. The van der Waals surface area contributed by atoms with E-state index in [4.69, 9.17) is 29.7 Å². The molecule has 5 aromatic rings. The monoisotopic (exact) mass is 1260 g/mol. The number of nitrogens with zero attached hydrogens (tertiary/aromatic N) is 3. The summed E-state index contributed by atoms with van der Waals surface area (Å²) in [6.07, 6.45) is 21.9. The molecule has 2 aromatic carbocycles. The number of fused-ring (bicyclic) bond motifs is 8. The maximum Gasteiger partial charge on any atom is 0.302 e. The Kier molecular flexibility index (Phi) is 16.4. The number of pyridine rings is 1. The van der Waals surface area contributed by atoms with Gasteiger partial charge >= 0.3 is 5.97 Å². The number of nitrogens with two attached hydrogens (primary N) is 1. The van der Waals surface area contributed by atoms with Crippen LogP contribution in [0.4, 0.5) is 0 Å². The van der Waals surface area contributed by atoms with Gasteiger partial charge in [-0.15, -0.1) is 5.92 Å². The van der Waals surface area contributed by atoms with E-state index < -0.39 is 65.1 Å². The van der Waals surface area contributed by atoms with Gasteiger partial charge in [-0.25, -0.2) is 0 Å². The Labute approximate surface area is 544 Å². The lowest BCUT2D eigenvalue weighted by Gasteiger charge is -2.65. The van der Waals surface area contributed by atoms with Crippen molar-refractivity contribution in [2.45, 2.75) is 177 Å².